The summed E-state index contributed by atoms with van der Waals surface area (Å²) in [5.74, 6) is 0. The molecular formula is C6H11NO3P+. The lowest BCUT2D eigenvalue weighted by atomic mass is 10.5. The van der Waals surface area contributed by atoms with E-state index in [2.05, 4.69) is 4.52 Å². The molecule has 0 saturated carbocycles. The molecule has 0 aromatic carbocycles. The quantitative estimate of drug-likeness (QED) is 0.458. The third kappa shape index (κ3) is 7.41. The van der Waals surface area contributed by atoms with E-state index in [4.69, 9.17) is 9.79 Å². The fraction of sp³-hybridized carbons (Fsp3) is 0.833. The molecule has 0 saturated heterocycles. The van der Waals surface area contributed by atoms with Crippen LogP contribution < -0.4 is 0 Å². The van der Waals surface area contributed by atoms with Crippen LogP contribution in [-0.2, 0) is 13.6 Å². The Hall–Kier alpha value is -0.490. The van der Waals surface area contributed by atoms with E-state index >= 15 is 0 Å². The van der Waals surface area contributed by atoms with E-state index in [-0.39, 0.29) is 13.0 Å². The number of rotatable bonds is 6. The molecule has 0 heterocycles. The van der Waals surface area contributed by atoms with E-state index in [0.29, 0.717) is 6.61 Å². The lowest BCUT2D eigenvalue weighted by molar-refractivity contribution is 0.229. The van der Waals surface area contributed by atoms with Crippen molar-refractivity contribution in [2.24, 2.45) is 0 Å². The van der Waals surface area contributed by atoms with Gasteiger partial charge in [0.15, 0.2) is 0 Å². The second-order valence-electron chi connectivity index (χ2n) is 1.80. The van der Waals surface area contributed by atoms with Crippen LogP contribution in [0.5, 0.6) is 0 Å². The topological polar surface area (TPSA) is 59.3 Å². The Bertz CT molecular complexity index is 154. The second-order valence-corrected chi connectivity index (χ2v) is 2.76. The smallest absolute Gasteiger partial charge is 0.198 e. The number of nitrogens with zero attached hydrogens (tertiary/aromatic N) is 1. The first-order chi connectivity index (χ1) is 5.31. The van der Waals surface area contributed by atoms with Gasteiger partial charge in [-0.25, -0.2) is 0 Å². The molecule has 0 fully saturated rings. The zero-order chi connectivity index (χ0) is 8.53. The summed E-state index contributed by atoms with van der Waals surface area (Å²) in [6.45, 7) is 2.52. The molecule has 0 aromatic rings. The fourth-order valence-corrected chi connectivity index (χ4v) is 1.02. The lowest BCUT2D eigenvalue weighted by Crippen LogP contribution is -1.88. The van der Waals surface area contributed by atoms with Crippen LogP contribution in [-0.4, -0.2) is 13.2 Å². The van der Waals surface area contributed by atoms with Gasteiger partial charge >= 0.3 is 8.25 Å². The van der Waals surface area contributed by atoms with Crippen molar-refractivity contribution in [1.82, 2.24) is 0 Å². The van der Waals surface area contributed by atoms with E-state index in [1.165, 1.54) is 0 Å². The molecule has 62 valence electrons. The van der Waals surface area contributed by atoms with Crippen molar-refractivity contribution in [2.75, 3.05) is 13.2 Å². The molecule has 0 radical (unpaired) electrons. The van der Waals surface area contributed by atoms with Gasteiger partial charge in [0.25, 0.3) is 0 Å². The monoisotopic (exact) mass is 176 g/mol. The lowest BCUT2D eigenvalue weighted by Gasteiger charge is -1.84. The predicted octanol–water partition coefficient (Wildman–Crippen LogP) is 2.00. The predicted molar refractivity (Wildman–Crippen MR) is 40.0 cm³/mol. The van der Waals surface area contributed by atoms with E-state index in [9.17, 15) is 4.57 Å². The highest BCUT2D eigenvalue weighted by molar-refractivity contribution is 7.33. The maximum Gasteiger partial charge on any atom is 0.697 e. The van der Waals surface area contributed by atoms with Gasteiger partial charge in [-0.05, 0) is 6.42 Å². The van der Waals surface area contributed by atoms with Gasteiger partial charge in [0, 0.05) is 4.57 Å². The molecule has 0 N–H and O–H groups in total. The Kier molecular flexibility index (Phi) is 7.28. The van der Waals surface area contributed by atoms with Crippen LogP contribution >= 0.6 is 8.25 Å². The van der Waals surface area contributed by atoms with Crippen molar-refractivity contribution in [3.63, 3.8) is 0 Å². The molecule has 0 rings (SSSR count). The number of hydrogen-bond acceptors (Lipinski definition) is 4. The highest BCUT2D eigenvalue weighted by atomic mass is 31.1. The van der Waals surface area contributed by atoms with Crippen molar-refractivity contribution in [3.05, 3.63) is 0 Å². The zero-order valence-electron chi connectivity index (χ0n) is 6.45. The van der Waals surface area contributed by atoms with Crippen molar-refractivity contribution < 1.29 is 13.6 Å². The van der Waals surface area contributed by atoms with Gasteiger partial charge in [-0.2, -0.15) is 5.26 Å². The third-order valence-electron chi connectivity index (χ3n) is 0.811. The van der Waals surface area contributed by atoms with Crippen molar-refractivity contribution in [3.8, 4) is 6.07 Å². The van der Waals surface area contributed by atoms with E-state index in [0.717, 1.165) is 6.42 Å². The SMILES string of the molecule is CCCO[P+](=O)OCCC#N. The first kappa shape index (κ1) is 10.5. The van der Waals surface area contributed by atoms with Gasteiger partial charge in [-0.3, -0.25) is 0 Å². The van der Waals surface area contributed by atoms with Gasteiger partial charge in [-0.1, -0.05) is 6.92 Å². The molecule has 0 aliphatic carbocycles. The summed E-state index contributed by atoms with van der Waals surface area (Å²) >= 11 is 0. The first-order valence-corrected chi connectivity index (χ1v) is 4.50. The maximum absolute atomic E-state index is 10.7. The van der Waals surface area contributed by atoms with Crippen LogP contribution in [0.4, 0.5) is 0 Å². The highest BCUT2D eigenvalue weighted by Gasteiger charge is 2.18. The first-order valence-electron chi connectivity index (χ1n) is 3.41. The second kappa shape index (κ2) is 7.62. The molecule has 5 heteroatoms. The van der Waals surface area contributed by atoms with Gasteiger partial charge in [0.1, 0.15) is 13.2 Å². The maximum atomic E-state index is 10.7. The highest BCUT2D eigenvalue weighted by Crippen LogP contribution is 2.23. The van der Waals surface area contributed by atoms with Crippen molar-refractivity contribution in [1.29, 1.82) is 5.26 Å². The zero-order valence-corrected chi connectivity index (χ0v) is 7.34. The van der Waals surface area contributed by atoms with Crippen LogP contribution in [0.2, 0.25) is 0 Å². The molecule has 0 aromatic heterocycles. The van der Waals surface area contributed by atoms with E-state index in [1.807, 2.05) is 13.0 Å². The van der Waals surface area contributed by atoms with Gasteiger partial charge < -0.3 is 0 Å². The van der Waals surface area contributed by atoms with Gasteiger partial charge in [0.05, 0.1) is 12.5 Å². The third-order valence-corrected chi connectivity index (χ3v) is 1.60. The molecule has 1 atom stereocenters. The van der Waals surface area contributed by atoms with E-state index in [1.54, 1.807) is 0 Å². The van der Waals surface area contributed by atoms with Crippen LogP contribution in [0.3, 0.4) is 0 Å². The average molecular weight is 176 g/mol. The Morgan fingerprint density at radius 1 is 1.45 bits per heavy atom. The molecule has 4 nitrogen and oxygen atoms in total. The molecule has 0 bridgehead atoms. The normalized spacial score (nSPS) is 10.7. The fourth-order valence-electron chi connectivity index (χ4n) is 0.369. The standard InChI is InChI=1S/C6H11NO3P/c1-2-5-9-11(8)10-6-3-4-7/h2-3,5-6H2,1H3/q+1. The van der Waals surface area contributed by atoms with E-state index < -0.39 is 8.25 Å². The molecule has 0 aliphatic heterocycles. The van der Waals surface area contributed by atoms with Crippen molar-refractivity contribution >= 4 is 8.25 Å². The Labute approximate surface area is 67.1 Å². The molecule has 11 heavy (non-hydrogen) atoms. The molecule has 0 spiro atoms. The van der Waals surface area contributed by atoms with Crippen LogP contribution in [0.25, 0.3) is 0 Å². The molecular weight excluding hydrogens is 165 g/mol. The van der Waals surface area contributed by atoms with Gasteiger partial charge in [-0.15, -0.1) is 9.05 Å². The summed E-state index contributed by atoms with van der Waals surface area (Å²) in [6, 6.07) is 1.87. The molecule has 0 aliphatic rings. The average Bonchev–Trinajstić information content (AvgIpc) is 2.01. The minimum absolute atomic E-state index is 0.176. The summed E-state index contributed by atoms with van der Waals surface area (Å²) < 4.78 is 20.0. The summed E-state index contributed by atoms with van der Waals surface area (Å²) in [7, 11) is -2.00. The van der Waals surface area contributed by atoms with Crippen LogP contribution in [0.15, 0.2) is 0 Å². The Morgan fingerprint density at radius 2 is 2.09 bits per heavy atom. The minimum atomic E-state index is -2.00. The number of hydrogen-bond donors (Lipinski definition) is 0. The Balaban J connectivity index is 3.17. The van der Waals surface area contributed by atoms with Crippen LogP contribution in [0, 0.1) is 11.3 Å². The van der Waals surface area contributed by atoms with Gasteiger partial charge in [0.2, 0.25) is 0 Å². The summed E-state index contributed by atoms with van der Waals surface area (Å²) in [5.41, 5.74) is 0. The minimum Gasteiger partial charge on any atom is -0.198 e. The molecule has 1 unspecified atom stereocenters. The summed E-state index contributed by atoms with van der Waals surface area (Å²) in [5, 5.41) is 8.09. The molecule has 0 amide bonds. The van der Waals surface area contributed by atoms with Crippen LogP contribution in [0.1, 0.15) is 19.8 Å². The van der Waals surface area contributed by atoms with Crippen molar-refractivity contribution in [2.45, 2.75) is 19.8 Å². The number of nitriles is 1. The Morgan fingerprint density at radius 3 is 2.64 bits per heavy atom. The summed E-state index contributed by atoms with van der Waals surface area (Å²) in [6.07, 6.45) is 1.05. The summed E-state index contributed by atoms with van der Waals surface area (Å²) in [4.78, 5) is 0. The largest absolute Gasteiger partial charge is 0.697 e.